The Balaban J connectivity index is 1.10. The van der Waals surface area contributed by atoms with Crippen LogP contribution in [0.25, 0.3) is 5.65 Å². The van der Waals surface area contributed by atoms with E-state index in [1.54, 1.807) is 0 Å². The van der Waals surface area contributed by atoms with Gasteiger partial charge in [-0.3, -0.25) is 9.69 Å². The molecule has 1 aliphatic rings. The summed E-state index contributed by atoms with van der Waals surface area (Å²) < 4.78 is 13.7. The largest absolute Gasteiger partial charge is 0.492 e. The Hall–Kier alpha value is -3.84. The van der Waals surface area contributed by atoms with Gasteiger partial charge in [-0.2, -0.15) is 0 Å². The number of amides is 1. The van der Waals surface area contributed by atoms with Gasteiger partial charge in [0, 0.05) is 50.7 Å². The smallest absolute Gasteiger partial charge is 0.254 e. The molecule has 5 rings (SSSR count). The average molecular weight is 457 g/mol. The van der Waals surface area contributed by atoms with E-state index in [1.165, 1.54) is 0 Å². The second kappa shape index (κ2) is 10.4. The lowest BCUT2D eigenvalue weighted by atomic mass is 10.1. The van der Waals surface area contributed by atoms with Crippen LogP contribution in [0, 0.1) is 0 Å². The first-order chi connectivity index (χ1) is 16.7. The Morgan fingerprint density at radius 3 is 2.47 bits per heavy atom. The summed E-state index contributed by atoms with van der Waals surface area (Å²) in [5.41, 5.74) is 2.37. The summed E-state index contributed by atoms with van der Waals surface area (Å²) >= 11 is 0. The van der Waals surface area contributed by atoms with E-state index in [-0.39, 0.29) is 5.91 Å². The third-order valence-corrected chi connectivity index (χ3v) is 5.96. The highest BCUT2D eigenvalue weighted by atomic mass is 16.5. The summed E-state index contributed by atoms with van der Waals surface area (Å²) in [7, 11) is 0. The Morgan fingerprint density at radius 2 is 1.65 bits per heavy atom. The van der Waals surface area contributed by atoms with E-state index in [4.69, 9.17) is 9.47 Å². The lowest BCUT2D eigenvalue weighted by Gasteiger charge is -2.34. The molecule has 3 heterocycles. The number of imidazole rings is 1. The fraction of sp³-hybridized carbons (Fsp3) is 0.259. The number of para-hydroxylation sites is 1. The number of hydrogen-bond acceptors (Lipinski definition) is 5. The summed E-state index contributed by atoms with van der Waals surface area (Å²) in [4.78, 5) is 21.9. The molecule has 7 heteroatoms. The molecule has 0 spiro atoms. The maximum atomic E-state index is 13.1. The molecule has 7 nitrogen and oxygen atoms in total. The van der Waals surface area contributed by atoms with Crippen LogP contribution in [0.15, 0.2) is 85.2 Å². The Bertz CT molecular complexity index is 1200. The second-order valence-electron chi connectivity index (χ2n) is 8.31. The van der Waals surface area contributed by atoms with Crippen LogP contribution in [0.2, 0.25) is 0 Å². The quantitative estimate of drug-likeness (QED) is 0.404. The van der Waals surface area contributed by atoms with E-state index < -0.39 is 0 Å². The zero-order valence-electron chi connectivity index (χ0n) is 19.0. The number of hydrogen-bond donors (Lipinski definition) is 0. The lowest BCUT2D eigenvalue weighted by Crippen LogP contribution is -2.49. The molecule has 0 aliphatic carbocycles. The molecule has 0 atom stereocenters. The summed E-state index contributed by atoms with van der Waals surface area (Å²) in [6.45, 7) is 4.94. The number of carbonyl (C=O) groups is 1. The van der Waals surface area contributed by atoms with Crippen LogP contribution in [-0.4, -0.2) is 64.4 Å². The lowest BCUT2D eigenvalue weighted by molar-refractivity contribution is 0.0620. The monoisotopic (exact) mass is 456 g/mol. The zero-order chi connectivity index (χ0) is 23.2. The molecule has 0 N–H and O–H groups in total. The molecule has 0 unspecified atom stereocenters. The van der Waals surface area contributed by atoms with Gasteiger partial charge in [-0.15, -0.1) is 0 Å². The standard InChI is InChI=1S/C27H28N4O3/c32-27(30-15-13-29(14-16-30)17-18-33-24-8-2-1-3-9-24)22-7-6-10-25(19-22)34-21-23-20-31-12-5-4-11-26(31)28-23/h1-12,19-20H,13-18,21H2. The Kier molecular flexibility index (Phi) is 6.72. The molecule has 1 saturated heterocycles. The van der Waals surface area contributed by atoms with Gasteiger partial charge in [0.2, 0.25) is 0 Å². The van der Waals surface area contributed by atoms with Gasteiger partial charge in [-0.25, -0.2) is 4.98 Å². The van der Waals surface area contributed by atoms with Crippen LogP contribution in [0.5, 0.6) is 11.5 Å². The number of piperazine rings is 1. The van der Waals surface area contributed by atoms with Gasteiger partial charge in [-0.05, 0) is 42.5 Å². The van der Waals surface area contributed by atoms with Crippen molar-refractivity contribution >= 4 is 11.6 Å². The number of carbonyl (C=O) groups excluding carboxylic acids is 1. The maximum Gasteiger partial charge on any atom is 0.254 e. The van der Waals surface area contributed by atoms with Crippen molar-refractivity contribution in [3.05, 3.63) is 96.4 Å². The fourth-order valence-corrected chi connectivity index (χ4v) is 4.10. The van der Waals surface area contributed by atoms with Crippen LogP contribution in [0.4, 0.5) is 0 Å². The van der Waals surface area contributed by atoms with Crippen molar-refractivity contribution < 1.29 is 14.3 Å². The SMILES string of the molecule is O=C(c1cccc(OCc2cn3ccccc3n2)c1)N1CCN(CCOc2ccccc2)CC1. The van der Waals surface area contributed by atoms with Crippen molar-refractivity contribution in [2.75, 3.05) is 39.3 Å². The molecule has 0 bridgehead atoms. The third kappa shape index (κ3) is 5.38. The highest BCUT2D eigenvalue weighted by Crippen LogP contribution is 2.18. The predicted molar refractivity (Wildman–Crippen MR) is 130 cm³/mol. The van der Waals surface area contributed by atoms with Gasteiger partial charge in [0.05, 0.1) is 5.69 Å². The Morgan fingerprint density at radius 1 is 0.853 bits per heavy atom. The first-order valence-electron chi connectivity index (χ1n) is 11.6. The minimum Gasteiger partial charge on any atom is -0.492 e. The summed E-state index contributed by atoms with van der Waals surface area (Å²) in [5.74, 6) is 1.59. The van der Waals surface area contributed by atoms with E-state index in [9.17, 15) is 4.79 Å². The van der Waals surface area contributed by atoms with E-state index in [0.29, 0.717) is 37.6 Å². The summed E-state index contributed by atoms with van der Waals surface area (Å²) in [6, 6.07) is 23.1. The van der Waals surface area contributed by atoms with E-state index >= 15 is 0 Å². The van der Waals surface area contributed by atoms with Gasteiger partial charge >= 0.3 is 0 Å². The number of benzene rings is 2. The topological polar surface area (TPSA) is 59.3 Å². The number of nitrogens with zero attached hydrogens (tertiary/aromatic N) is 4. The maximum absolute atomic E-state index is 13.1. The van der Waals surface area contributed by atoms with Gasteiger partial charge in [0.15, 0.2) is 0 Å². The molecule has 0 radical (unpaired) electrons. The number of fused-ring (bicyclic) bond motifs is 1. The van der Waals surface area contributed by atoms with Gasteiger partial charge in [0.1, 0.15) is 30.4 Å². The fourth-order valence-electron chi connectivity index (χ4n) is 4.10. The van der Waals surface area contributed by atoms with Gasteiger partial charge < -0.3 is 18.8 Å². The average Bonchev–Trinajstić information content (AvgIpc) is 3.31. The predicted octanol–water partition coefficient (Wildman–Crippen LogP) is 3.75. The van der Waals surface area contributed by atoms with Gasteiger partial charge in [-0.1, -0.05) is 30.3 Å². The molecule has 1 aliphatic heterocycles. The molecule has 34 heavy (non-hydrogen) atoms. The molecular weight excluding hydrogens is 428 g/mol. The van der Waals surface area contributed by atoms with E-state index in [2.05, 4.69) is 9.88 Å². The highest BCUT2D eigenvalue weighted by Gasteiger charge is 2.22. The second-order valence-corrected chi connectivity index (χ2v) is 8.31. The van der Waals surface area contributed by atoms with Gasteiger partial charge in [0.25, 0.3) is 5.91 Å². The molecular formula is C27H28N4O3. The highest BCUT2D eigenvalue weighted by molar-refractivity contribution is 5.94. The van der Waals surface area contributed by atoms with Crippen molar-refractivity contribution in [1.29, 1.82) is 0 Å². The summed E-state index contributed by atoms with van der Waals surface area (Å²) in [6.07, 6.45) is 3.91. The van der Waals surface area contributed by atoms with Crippen LogP contribution in [0.1, 0.15) is 16.1 Å². The molecule has 0 saturated carbocycles. The van der Waals surface area contributed by atoms with Crippen LogP contribution in [0.3, 0.4) is 0 Å². The Labute approximate surface area is 199 Å². The van der Waals surface area contributed by atoms with Crippen molar-refractivity contribution in [2.24, 2.45) is 0 Å². The van der Waals surface area contributed by atoms with Crippen molar-refractivity contribution in [1.82, 2.24) is 19.2 Å². The zero-order valence-corrected chi connectivity index (χ0v) is 19.0. The minimum atomic E-state index is 0.0402. The molecule has 2 aromatic carbocycles. The first-order valence-corrected chi connectivity index (χ1v) is 11.6. The molecule has 1 fully saturated rings. The number of pyridine rings is 1. The molecule has 4 aromatic rings. The molecule has 1 amide bonds. The van der Waals surface area contributed by atoms with Crippen LogP contribution >= 0.6 is 0 Å². The molecule has 2 aromatic heterocycles. The number of ether oxygens (including phenoxy) is 2. The summed E-state index contributed by atoms with van der Waals surface area (Å²) in [5, 5.41) is 0. The number of aromatic nitrogens is 2. The van der Waals surface area contributed by atoms with Crippen LogP contribution in [-0.2, 0) is 6.61 Å². The van der Waals surface area contributed by atoms with E-state index in [1.807, 2.05) is 94.5 Å². The van der Waals surface area contributed by atoms with Crippen molar-refractivity contribution in [3.63, 3.8) is 0 Å². The normalized spacial score (nSPS) is 14.3. The van der Waals surface area contributed by atoms with E-state index in [0.717, 1.165) is 36.7 Å². The molecule has 174 valence electrons. The minimum absolute atomic E-state index is 0.0402. The van der Waals surface area contributed by atoms with Crippen LogP contribution < -0.4 is 9.47 Å². The van der Waals surface area contributed by atoms with Crippen molar-refractivity contribution in [3.8, 4) is 11.5 Å². The van der Waals surface area contributed by atoms with Crippen molar-refractivity contribution in [2.45, 2.75) is 6.61 Å². The first kappa shape index (κ1) is 22.0. The third-order valence-electron chi connectivity index (χ3n) is 5.96. The number of rotatable bonds is 8.